The number of nitrogens with zero attached hydrogens (tertiary/aromatic N) is 3. The first kappa shape index (κ1) is 20.8. The number of hydrogen-bond donors (Lipinski definition) is 2. The number of aromatic nitrogens is 2. The maximum atomic E-state index is 13.0. The smallest absolute Gasteiger partial charge is 0.328 e. The predicted octanol–water partition coefficient (Wildman–Crippen LogP) is 1.82. The van der Waals surface area contributed by atoms with E-state index in [0.717, 1.165) is 12.6 Å². The van der Waals surface area contributed by atoms with Crippen LogP contribution in [0.15, 0.2) is 42.3 Å². The predicted molar refractivity (Wildman–Crippen MR) is 108 cm³/mol. The topological polar surface area (TPSA) is 131 Å². The molecule has 1 unspecified atom stereocenters. The summed E-state index contributed by atoms with van der Waals surface area (Å²) in [5, 5.41) is 10.4. The molecule has 0 radical (unpaired) electrons. The Labute approximate surface area is 181 Å². The Morgan fingerprint density at radius 2 is 2.19 bits per heavy atom. The molecule has 0 aromatic carbocycles. The zero-order chi connectivity index (χ0) is 23.3. The van der Waals surface area contributed by atoms with Gasteiger partial charge in [0.25, 0.3) is 5.91 Å². The molecular weight excluding hydrogens is 404 g/mol. The molecule has 0 aliphatic carbocycles. The van der Waals surface area contributed by atoms with Crippen molar-refractivity contribution in [3.63, 3.8) is 0 Å². The highest BCUT2D eigenvalue weighted by Crippen LogP contribution is 2.28. The van der Waals surface area contributed by atoms with Crippen LogP contribution < -0.4 is 5.42 Å². The molecule has 10 nitrogen and oxygen atoms in total. The molecule has 1 aromatic rings. The van der Waals surface area contributed by atoms with Crippen LogP contribution in [0, 0.1) is 5.92 Å². The van der Waals surface area contributed by atoms with E-state index in [2.05, 4.69) is 9.97 Å². The fraction of sp³-hybridized carbons (Fsp3) is 0.476. The first-order chi connectivity index (χ1) is 15.3. The number of rotatable bonds is 8. The lowest BCUT2D eigenvalue weighted by Gasteiger charge is -2.30. The number of allylic oxidation sites excluding steroid dienone is 2. The molecule has 2 aliphatic rings. The summed E-state index contributed by atoms with van der Waals surface area (Å²) in [4.78, 5) is 45.5. The van der Waals surface area contributed by atoms with Gasteiger partial charge in [0.15, 0.2) is 13.6 Å². The van der Waals surface area contributed by atoms with Gasteiger partial charge in [0.1, 0.15) is 11.5 Å². The number of carbonyl (C=O) groups excluding carboxylic acids is 2. The molecule has 0 saturated carbocycles. The van der Waals surface area contributed by atoms with Gasteiger partial charge in [0, 0.05) is 25.2 Å². The molecule has 2 N–H and O–H groups in total. The first-order valence-corrected chi connectivity index (χ1v) is 10.1. The number of carboxylic acid groups (broad SMARTS) is 1. The van der Waals surface area contributed by atoms with E-state index in [4.69, 9.17) is 10.9 Å². The van der Waals surface area contributed by atoms with Crippen molar-refractivity contribution in [3.05, 3.63) is 48.0 Å². The van der Waals surface area contributed by atoms with Crippen LogP contribution in [0.2, 0.25) is 1.41 Å². The minimum atomic E-state index is -1.42. The molecule has 1 fully saturated rings. The second kappa shape index (κ2) is 10.1. The molecule has 0 spiro atoms. The van der Waals surface area contributed by atoms with E-state index >= 15 is 0 Å². The van der Waals surface area contributed by atoms with Gasteiger partial charge in [-0.3, -0.25) is 20.0 Å². The lowest BCUT2D eigenvalue weighted by atomic mass is 10.0. The molecule has 3 heterocycles. The third-order valence-electron chi connectivity index (χ3n) is 4.79. The molecule has 0 bridgehead atoms. The molecule has 1 saturated heterocycles. The number of fused-ring (bicyclic) bond motifs is 1. The second-order valence-electron chi connectivity index (χ2n) is 7.72. The van der Waals surface area contributed by atoms with Crippen molar-refractivity contribution in [1.29, 1.82) is 0 Å². The number of hydrogen-bond acceptors (Lipinski definition) is 7. The van der Waals surface area contributed by atoms with Crippen LogP contribution >= 0.6 is 0 Å². The summed E-state index contributed by atoms with van der Waals surface area (Å²) in [7, 11) is 0. The number of hydrazine groups is 1. The lowest BCUT2D eigenvalue weighted by molar-refractivity contribution is -0.145. The van der Waals surface area contributed by atoms with Crippen molar-refractivity contribution >= 4 is 17.8 Å². The standard InChI is InChI=1S/C21H26N4O6/c1-13(2)9-16(21(28)29)25(20(27)15-11-22-6-7-23-15)24-19(26)4-3-14-10-18-17(31-12-14)5-8-30-18/h6-7,10-13,16-17H,3-5,8-9H2,1-2H3,(H,24,26)(H,28,29)/t16-,17?/m0/s1/i/hD. The normalized spacial score (nSPS) is 18.5. The van der Waals surface area contributed by atoms with Gasteiger partial charge in [-0.1, -0.05) is 13.8 Å². The summed E-state index contributed by atoms with van der Waals surface area (Å²) in [6.45, 7) is 4.15. The molecular formula is C21H26N4O6. The molecule has 3 rings (SSSR count). The summed E-state index contributed by atoms with van der Waals surface area (Å²) in [5.41, 5.74) is 0.874. The largest absolute Gasteiger partial charge is 0.494 e. The van der Waals surface area contributed by atoms with Crippen molar-refractivity contribution in [1.82, 2.24) is 20.4 Å². The maximum absolute atomic E-state index is 13.0. The molecule has 2 amide bonds. The minimum Gasteiger partial charge on any atom is -0.494 e. The summed E-state index contributed by atoms with van der Waals surface area (Å²) in [6, 6.07) is -1.42. The second-order valence-corrected chi connectivity index (χ2v) is 7.72. The number of amides is 2. The van der Waals surface area contributed by atoms with Gasteiger partial charge in [-0.25, -0.2) is 14.8 Å². The van der Waals surface area contributed by atoms with Crippen LogP contribution in [0.1, 0.15) is 50.0 Å². The molecule has 2 atom stereocenters. The van der Waals surface area contributed by atoms with Gasteiger partial charge < -0.3 is 14.6 Å². The van der Waals surface area contributed by atoms with E-state index in [1.54, 1.807) is 20.1 Å². The molecule has 31 heavy (non-hydrogen) atoms. The Morgan fingerprint density at radius 3 is 2.87 bits per heavy atom. The van der Waals surface area contributed by atoms with E-state index in [-0.39, 0.29) is 37.0 Å². The van der Waals surface area contributed by atoms with Crippen molar-refractivity contribution in [3.8, 4) is 0 Å². The third kappa shape index (κ3) is 5.80. The van der Waals surface area contributed by atoms with Crippen molar-refractivity contribution in [2.24, 2.45) is 5.92 Å². The highest BCUT2D eigenvalue weighted by atomic mass is 16.5. The number of ether oxygens (including phenoxy) is 2. The van der Waals surface area contributed by atoms with Gasteiger partial charge in [-0.05, 0) is 30.4 Å². The number of carboxylic acids is 1. The van der Waals surface area contributed by atoms with E-state index < -0.39 is 23.8 Å². The Morgan fingerprint density at radius 1 is 1.39 bits per heavy atom. The van der Waals surface area contributed by atoms with E-state index in [0.29, 0.717) is 28.4 Å². The highest BCUT2D eigenvalue weighted by molar-refractivity contribution is 5.96. The van der Waals surface area contributed by atoms with Crippen LogP contribution in [0.4, 0.5) is 0 Å². The first-order valence-electron chi connectivity index (χ1n) is 10.6. The fourth-order valence-electron chi connectivity index (χ4n) is 3.26. The van der Waals surface area contributed by atoms with Gasteiger partial charge >= 0.3 is 5.97 Å². The highest BCUT2D eigenvalue weighted by Gasteiger charge is 2.33. The minimum absolute atomic E-state index is 0.0494. The van der Waals surface area contributed by atoms with Crippen molar-refractivity contribution in [2.45, 2.75) is 51.7 Å². The van der Waals surface area contributed by atoms with Crippen LogP contribution in [0.3, 0.4) is 0 Å². The number of aliphatic carboxylic acids is 1. The number of nitrogens with one attached hydrogen (secondary N) is 1. The van der Waals surface area contributed by atoms with Crippen LogP contribution in [0.25, 0.3) is 0 Å². The van der Waals surface area contributed by atoms with E-state index in [9.17, 15) is 19.5 Å². The quantitative estimate of drug-likeness (QED) is 0.596. The molecule has 166 valence electrons. The summed E-state index contributed by atoms with van der Waals surface area (Å²) in [6.07, 6.45) is 7.99. The summed E-state index contributed by atoms with van der Waals surface area (Å²) in [5.74, 6) is -2.35. The van der Waals surface area contributed by atoms with E-state index in [1.807, 2.05) is 6.08 Å². The van der Waals surface area contributed by atoms with Crippen LogP contribution in [0.5, 0.6) is 0 Å². The Bertz CT molecular complexity index is 920. The average molecular weight is 431 g/mol. The van der Waals surface area contributed by atoms with Crippen molar-refractivity contribution < 1.29 is 30.4 Å². The monoisotopic (exact) mass is 431 g/mol. The molecule has 2 aliphatic heterocycles. The van der Waals surface area contributed by atoms with Gasteiger partial charge in [0.05, 0.1) is 19.1 Å². The zero-order valence-corrected chi connectivity index (χ0v) is 17.4. The summed E-state index contributed by atoms with van der Waals surface area (Å²) < 4.78 is 19.4. The van der Waals surface area contributed by atoms with Gasteiger partial charge in [-0.15, -0.1) is 0 Å². The lowest BCUT2D eigenvalue weighted by Crippen LogP contribution is -2.55. The van der Waals surface area contributed by atoms with E-state index in [1.165, 1.54) is 12.4 Å². The molecule has 1 aromatic heterocycles. The third-order valence-corrected chi connectivity index (χ3v) is 4.79. The maximum Gasteiger partial charge on any atom is 0.328 e. The zero-order valence-electron chi connectivity index (χ0n) is 18.4. The SMILES string of the molecule is [2H]N(C(=O)CCC1=COC2CCOC2=C1)N(C(=O)c1cnccn1)[C@@H](CC(C)C)C(=O)O. The van der Waals surface area contributed by atoms with Gasteiger partial charge in [-0.2, -0.15) is 0 Å². The van der Waals surface area contributed by atoms with Gasteiger partial charge in [0.2, 0.25) is 5.91 Å². The van der Waals surface area contributed by atoms with Crippen LogP contribution in [-0.2, 0) is 19.1 Å². The average Bonchev–Trinajstić information content (AvgIpc) is 3.25. The fourth-order valence-corrected chi connectivity index (χ4v) is 3.26. The molecule has 10 heteroatoms. The van der Waals surface area contributed by atoms with Crippen molar-refractivity contribution in [2.75, 3.05) is 6.61 Å². The Balaban J connectivity index is 1.76. The summed E-state index contributed by atoms with van der Waals surface area (Å²) >= 11 is 0. The number of carbonyl (C=O) groups is 3. The Kier molecular flexibility index (Phi) is 6.75. The Hall–Kier alpha value is -3.43. The van der Waals surface area contributed by atoms with Crippen LogP contribution in [-0.4, -0.2) is 56.6 Å².